The van der Waals surface area contributed by atoms with Gasteiger partial charge in [-0.05, 0) is 101 Å². The van der Waals surface area contributed by atoms with Crippen LogP contribution in [-0.2, 0) is 0 Å². The van der Waals surface area contributed by atoms with Gasteiger partial charge in [0.15, 0.2) is 0 Å². The van der Waals surface area contributed by atoms with Gasteiger partial charge in [0, 0.05) is 0 Å². The summed E-state index contributed by atoms with van der Waals surface area (Å²) < 4.78 is 0. The van der Waals surface area contributed by atoms with E-state index < -0.39 is 0 Å². The van der Waals surface area contributed by atoms with Gasteiger partial charge in [0.1, 0.15) is 11.4 Å². The molecule has 0 aliphatic heterocycles. The molecule has 3 aromatic rings. The van der Waals surface area contributed by atoms with Crippen LogP contribution in [0.2, 0.25) is 20.1 Å². The summed E-state index contributed by atoms with van der Waals surface area (Å²) in [7, 11) is 0. The van der Waals surface area contributed by atoms with Gasteiger partial charge in [0.25, 0.3) is 0 Å². The van der Waals surface area contributed by atoms with E-state index in [-0.39, 0.29) is 0 Å². The molecule has 0 saturated heterocycles. The highest BCUT2D eigenvalue weighted by Gasteiger charge is 2.17. The van der Waals surface area contributed by atoms with E-state index in [1.807, 2.05) is 73.6 Å². The van der Waals surface area contributed by atoms with Crippen molar-refractivity contribution in [3.8, 4) is 0 Å². The molecule has 0 fully saturated rings. The minimum Gasteiger partial charge on any atom is -0.248 e. The maximum Gasteiger partial charge on any atom is 0.101 e. The van der Waals surface area contributed by atoms with Gasteiger partial charge in [0.05, 0.1) is 42.9 Å². The summed E-state index contributed by atoms with van der Waals surface area (Å²) in [6, 6.07) is 5.70. The first-order valence-corrected chi connectivity index (χ1v) is 12.4. The summed E-state index contributed by atoms with van der Waals surface area (Å²) >= 11 is 26.4. The Morgan fingerprint density at radius 3 is 1.15 bits per heavy atom. The number of halogens is 4. The molecule has 0 bridgehead atoms. The molecule has 0 aliphatic carbocycles. The summed E-state index contributed by atoms with van der Waals surface area (Å²) in [6.07, 6.45) is 0. The van der Waals surface area contributed by atoms with Crippen molar-refractivity contribution in [2.75, 3.05) is 0 Å². The molecule has 0 atom stereocenters. The van der Waals surface area contributed by atoms with Crippen molar-refractivity contribution < 1.29 is 0 Å². The molecule has 0 spiro atoms. The zero-order valence-corrected chi connectivity index (χ0v) is 23.6. The largest absolute Gasteiger partial charge is 0.248 e. The maximum absolute atomic E-state index is 6.59. The number of aliphatic imine (C=N–C) groups is 2. The van der Waals surface area contributed by atoms with E-state index in [0.717, 1.165) is 33.4 Å². The molecule has 0 saturated carbocycles. The van der Waals surface area contributed by atoms with Crippen LogP contribution in [0.4, 0.5) is 11.4 Å². The Balaban J connectivity index is 2.08. The first-order valence-electron chi connectivity index (χ1n) is 10.8. The lowest BCUT2D eigenvalue weighted by Crippen LogP contribution is -2.05. The van der Waals surface area contributed by atoms with Gasteiger partial charge >= 0.3 is 0 Å². The highest BCUT2D eigenvalue weighted by atomic mass is 35.5. The molecule has 2 aromatic carbocycles. The van der Waals surface area contributed by atoms with Gasteiger partial charge < -0.3 is 0 Å². The molecule has 1 heterocycles. The Morgan fingerprint density at radius 2 is 0.853 bits per heavy atom. The average Bonchev–Trinajstić information content (AvgIpc) is 2.84. The Bertz CT molecular complexity index is 1210. The molecule has 178 valence electrons. The van der Waals surface area contributed by atoms with Crippen LogP contribution in [0.15, 0.2) is 28.2 Å². The van der Waals surface area contributed by atoms with Crippen LogP contribution in [0.1, 0.15) is 58.6 Å². The molecule has 1 aromatic heterocycles. The van der Waals surface area contributed by atoms with Crippen LogP contribution in [0.5, 0.6) is 0 Å². The van der Waals surface area contributed by atoms with E-state index in [0.29, 0.717) is 54.3 Å². The molecular weight excluding hydrogens is 508 g/mol. The molecule has 0 unspecified atom stereocenters. The van der Waals surface area contributed by atoms with Crippen LogP contribution in [0, 0.1) is 41.5 Å². The number of hydrogen-bond acceptors (Lipinski definition) is 3. The predicted octanol–water partition coefficient (Wildman–Crippen LogP) is 9.83. The Labute approximate surface area is 221 Å². The van der Waals surface area contributed by atoms with E-state index >= 15 is 0 Å². The summed E-state index contributed by atoms with van der Waals surface area (Å²) in [5.41, 5.74) is 9.91. The van der Waals surface area contributed by atoms with Crippen LogP contribution >= 0.6 is 46.4 Å². The van der Waals surface area contributed by atoms with Crippen molar-refractivity contribution in [2.24, 2.45) is 9.98 Å². The number of benzene rings is 2. The quantitative estimate of drug-likeness (QED) is 0.307. The fraction of sp³-hybridized carbons (Fsp3) is 0.296. The minimum atomic E-state index is 0.552. The van der Waals surface area contributed by atoms with E-state index in [4.69, 9.17) is 61.4 Å². The lowest BCUT2D eigenvalue weighted by atomic mass is 10.0. The average molecular weight is 535 g/mol. The minimum absolute atomic E-state index is 0.552. The molecule has 0 radical (unpaired) electrons. The molecule has 34 heavy (non-hydrogen) atoms. The zero-order chi connectivity index (χ0) is 25.5. The summed E-state index contributed by atoms with van der Waals surface area (Å²) in [6.45, 7) is 15.7. The molecule has 0 N–H and O–H groups in total. The van der Waals surface area contributed by atoms with Gasteiger partial charge in [-0.3, -0.25) is 0 Å². The van der Waals surface area contributed by atoms with Crippen molar-refractivity contribution >= 4 is 69.2 Å². The SMILES string of the molecule is CC(=Nc1c(Cl)c(C)c(C)c(C)c1Cl)c1cccc(C(C)=Nc2c(Cl)c(C)c(C)c(C)c2Cl)n1. The third-order valence-electron chi connectivity index (χ3n) is 6.45. The Hall–Kier alpha value is -1.91. The number of nitrogens with zero attached hydrogens (tertiary/aromatic N) is 3. The van der Waals surface area contributed by atoms with Gasteiger partial charge in [-0.2, -0.15) is 0 Å². The zero-order valence-electron chi connectivity index (χ0n) is 20.6. The van der Waals surface area contributed by atoms with Crippen LogP contribution in [0.25, 0.3) is 0 Å². The monoisotopic (exact) mass is 533 g/mol. The lowest BCUT2D eigenvalue weighted by molar-refractivity contribution is 1.22. The second-order valence-electron chi connectivity index (χ2n) is 8.51. The standard InChI is InChI=1S/C27H27Cl4N3/c1-12-14(3)22(28)26(23(29)15(12)4)32-18(7)20-10-9-11-21(34-20)19(8)33-27-24(30)16(5)13(2)17(6)25(27)31/h9-11H,1-8H3. The molecule has 0 amide bonds. The highest BCUT2D eigenvalue weighted by Crippen LogP contribution is 2.42. The smallest absolute Gasteiger partial charge is 0.101 e. The van der Waals surface area contributed by atoms with Gasteiger partial charge in [-0.25, -0.2) is 15.0 Å². The molecular formula is C27H27Cl4N3. The van der Waals surface area contributed by atoms with Gasteiger partial charge in [0.2, 0.25) is 0 Å². The molecule has 3 nitrogen and oxygen atoms in total. The number of pyridine rings is 1. The predicted molar refractivity (Wildman–Crippen MR) is 149 cm³/mol. The second kappa shape index (κ2) is 10.4. The van der Waals surface area contributed by atoms with Crippen molar-refractivity contribution in [3.63, 3.8) is 0 Å². The third-order valence-corrected chi connectivity index (χ3v) is 8.30. The van der Waals surface area contributed by atoms with Crippen LogP contribution in [0.3, 0.4) is 0 Å². The summed E-state index contributed by atoms with van der Waals surface area (Å²) in [5, 5.41) is 2.21. The highest BCUT2D eigenvalue weighted by molar-refractivity contribution is 6.41. The van der Waals surface area contributed by atoms with E-state index in [2.05, 4.69) is 0 Å². The molecule has 7 heteroatoms. The Kier molecular flexibility index (Phi) is 8.14. The van der Waals surface area contributed by atoms with Crippen LogP contribution in [-0.4, -0.2) is 16.4 Å². The second-order valence-corrected chi connectivity index (χ2v) is 10.0. The van der Waals surface area contributed by atoms with Crippen molar-refractivity contribution in [1.29, 1.82) is 0 Å². The third kappa shape index (κ3) is 4.90. The Morgan fingerprint density at radius 1 is 0.559 bits per heavy atom. The molecule has 0 aliphatic rings. The topological polar surface area (TPSA) is 37.6 Å². The van der Waals surface area contributed by atoms with Crippen molar-refractivity contribution in [1.82, 2.24) is 4.98 Å². The van der Waals surface area contributed by atoms with E-state index in [9.17, 15) is 0 Å². The van der Waals surface area contributed by atoms with Crippen LogP contribution < -0.4 is 0 Å². The maximum atomic E-state index is 6.59. The number of rotatable bonds is 4. The van der Waals surface area contributed by atoms with Gasteiger partial charge in [-0.15, -0.1) is 0 Å². The van der Waals surface area contributed by atoms with Gasteiger partial charge in [-0.1, -0.05) is 52.5 Å². The normalized spacial score (nSPS) is 12.5. The lowest BCUT2D eigenvalue weighted by Gasteiger charge is -2.14. The number of hydrogen-bond donors (Lipinski definition) is 0. The van der Waals surface area contributed by atoms with Crippen molar-refractivity contribution in [2.45, 2.75) is 55.4 Å². The number of aromatic nitrogens is 1. The van der Waals surface area contributed by atoms with E-state index in [1.54, 1.807) is 0 Å². The summed E-state index contributed by atoms with van der Waals surface area (Å²) in [4.78, 5) is 14.3. The fourth-order valence-electron chi connectivity index (χ4n) is 3.61. The first kappa shape index (κ1) is 26.7. The van der Waals surface area contributed by atoms with E-state index in [1.165, 1.54) is 0 Å². The van der Waals surface area contributed by atoms with Crippen molar-refractivity contribution in [3.05, 3.63) is 83.1 Å². The summed E-state index contributed by atoms with van der Waals surface area (Å²) in [5.74, 6) is 0. The first-order chi connectivity index (χ1) is 15.9. The molecule has 3 rings (SSSR count). The fourth-order valence-corrected chi connectivity index (χ4v) is 4.82.